The lowest BCUT2D eigenvalue weighted by Crippen LogP contribution is -2.30. The predicted octanol–water partition coefficient (Wildman–Crippen LogP) is 1.93. The number of ether oxygens (including phenoxy) is 2. The van der Waals surface area contributed by atoms with E-state index < -0.39 is 5.56 Å². The molecular formula is C20H15N5O4. The number of benzene rings is 2. The third-order valence-corrected chi connectivity index (χ3v) is 4.51. The van der Waals surface area contributed by atoms with Gasteiger partial charge in [-0.05, 0) is 18.2 Å². The second-order valence-electron chi connectivity index (χ2n) is 6.44. The van der Waals surface area contributed by atoms with Crippen LogP contribution in [0.1, 0.15) is 0 Å². The Bertz CT molecular complexity index is 1280. The molecule has 2 aromatic heterocycles. The highest BCUT2D eigenvalue weighted by Gasteiger charge is 2.15. The molecule has 9 heteroatoms. The number of hydrogen-bond donors (Lipinski definition) is 1. The van der Waals surface area contributed by atoms with E-state index in [1.165, 1.54) is 10.8 Å². The molecule has 1 aliphatic heterocycles. The van der Waals surface area contributed by atoms with Crippen molar-refractivity contribution >= 4 is 17.1 Å². The number of anilines is 1. The zero-order valence-corrected chi connectivity index (χ0v) is 15.1. The maximum Gasteiger partial charge on any atom is 0.293 e. The highest BCUT2D eigenvalue weighted by atomic mass is 16.7. The van der Waals surface area contributed by atoms with Crippen LogP contribution in [0.2, 0.25) is 0 Å². The van der Waals surface area contributed by atoms with Gasteiger partial charge in [-0.1, -0.05) is 30.3 Å². The van der Waals surface area contributed by atoms with Gasteiger partial charge in [0, 0.05) is 17.3 Å². The van der Waals surface area contributed by atoms with E-state index in [-0.39, 0.29) is 19.2 Å². The monoisotopic (exact) mass is 389 g/mol. The van der Waals surface area contributed by atoms with Gasteiger partial charge in [0.2, 0.25) is 12.7 Å². The number of nitrogens with one attached hydrogen (secondary N) is 1. The van der Waals surface area contributed by atoms with Gasteiger partial charge >= 0.3 is 0 Å². The summed E-state index contributed by atoms with van der Waals surface area (Å²) in [5.41, 5.74) is 2.04. The summed E-state index contributed by atoms with van der Waals surface area (Å²) < 4.78 is 13.1. The second-order valence-corrected chi connectivity index (χ2v) is 6.44. The molecule has 0 radical (unpaired) electrons. The van der Waals surface area contributed by atoms with Crippen LogP contribution >= 0.6 is 0 Å². The quantitative estimate of drug-likeness (QED) is 0.573. The highest BCUT2D eigenvalue weighted by Crippen LogP contribution is 2.34. The van der Waals surface area contributed by atoms with Crippen molar-refractivity contribution in [3.05, 3.63) is 71.3 Å². The first kappa shape index (κ1) is 17.0. The Morgan fingerprint density at radius 2 is 1.90 bits per heavy atom. The molecule has 1 aliphatic rings. The van der Waals surface area contributed by atoms with E-state index in [0.29, 0.717) is 28.4 Å². The third-order valence-electron chi connectivity index (χ3n) is 4.51. The van der Waals surface area contributed by atoms with Crippen LogP contribution in [0.4, 0.5) is 5.69 Å². The standard InChI is InChI=1S/C20H15N5O4/c26-19(22-14-6-7-17-18(8-14)29-12-28-17)10-24-20(27)16-9-15(23-25(16)11-21-24)13-4-2-1-3-5-13/h1-9,11H,10,12H2,(H,22,26). The van der Waals surface area contributed by atoms with Crippen LogP contribution in [0.5, 0.6) is 11.5 Å². The van der Waals surface area contributed by atoms with E-state index in [2.05, 4.69) is 15.5 Å². The van der Waals surface area contributed by atoms with Crippen LogP contribution in [0, 0.1) is 0 Å². The molecule has 4 aromatic rings. The molecule has 5 rings (SSSR count). The summed E-state index contributed by atoms with van der Waals surface area (Å²) in [5.74, 6) is 0.805. The molecule has 0 unspecified atom stereocenters. The fourth-order valence-corrected chi connectivity index (χ4v) is 3.11. The first-order valence-electron chi connectivity index (χ1n) is 8.88. The van der Waals surface area contributed by atoms with Crippen molar-refractivity contribution in [2.75, 3.05) is 12.1 Å². The molecule has 0 fully saturated rings. The fraction of sp³-hybridized carbons (Fsp3) is 0.100. The van der Waals surface area contributed by atoms with Crippen LogP contribution in [-0.2, 0) is 11.3 Å². The summed E-state index contributed by atoms with van der Waals surface area (Å²) in [5, 5.41) is 11.2. The molecule has 2 aromatic carbocycles. The Morgan fingerprint density at radius 1 is 1.07 bits per heavy atom. The molecule has 144 valence electrons. The lowest BCUT2D eigenvalue weighted by molar-refractivity contribution is -0.117. The van der Waals surface area contributed by atoms with Gasteiger partial charge in [0.1, 0.15) is 18.4 Å². The number of hydrogen-bond acceptors (Lipinski definition) is 6. The Morgan fingerprint density at radius 3 is 2.76 bits per heavy atom. The molecule has 0 saturated carbocycles. The molecule has 29 heavy (non-hydrogen) atoms. The number of carbonyl (C=O) groups is 1. The minimum absolute atomic E-state index is 0.155. The first-order chi connectivity index (χ1) is 14.2. The average Bonchev–Trinajstić information content (AvgIpc) is 3.38. The van der Waals surface area contributed by atoms with Crippen molar-refractivity contribution in [2.24, 2.45) is 0 Å². The van der Waals surface area contributed by atoms with Gasteiger partial charge in [0.25, 0.3) is 5.56 Å². The van der Waals surface area contributed by atoms with E-state index in [9.17, 15) is 9.59 Å². The molecule has 1 amide bonds. The van der Waals surface area contributed by atoms with Gasteiger partial charge in [0.15, 0.2) is 11.5 Å². The maximum absolute atomic E-state index is 12.7. The number of nitrogens with zero attached hydrogens (tertiary/aromatic N) is 4. The molecule has 3 heterocycles. The van der Waals surface area contributed by atoms with E-state index in [0.717, 1.165) is 10.2 Å². The highest BCUT2D eigenvalue weighted by molar-refractivity contribution is 5.91. The zero-order valence-electron chi connectivity index (χ0n) is 15.1. The summed E-state index contributed by atoms with van der Waals surface area (Å²) >= 11 is 0. The second kappa shape index (κ2) is 6.79. The number of aromatic nitrogens is 4. The van der Waals surface area contributed by atoms with Gasteiger partial charge in [-0.2, -0.15) is 10.2 Å². The molecular weight excluding hydrogens is 374 g/mol. The molecule has 0 atom stereocenters. The Balaban J connectivity index is 1.38. The molecule has 0 spiro atoms. The molecule has 0 aliphatic carbocycles. The first-order valence-corrected chi connectivity index (χ1v) is 8.88. The molecule has 9 nitrogen and oxygen atoms in total. The minimum Gasteiger partial charge on any atom is -0.454 e. The summed E-state index contributed by atoms with van der Waals surface area (Å²) in [7, 11) is 0. The van der Waals surface area contributed by atoms with Crippen LogP contribution in [0.3, 0.4) is 0 Å². The van der Waals surface area contributed by atoms with E-state index in [1.54, 1.807) is 24.3 Å². The predicted molar refractivity (Wildman–Crippen MR) is 104 cm³/mol. The van der Waals surface area contributed by atoms with E-state index >= 15 is 0 Å². The Hall–Kier alpha value is -4.14. The zero-order chi connectivity index (χ0) is 19.8. The van der Waals surface area contributed by atoms with Crippen LogP contribution in [0.15, 0.2) is 65.7 Å². The molecule has 0 saturated heterocycles. The van der Waals surface area contributed by atoms with Crippen molar-refractivity contribution in [2.45, 2.75) is 6.54 Å². The van der Waals surface area contributed by atoms with Crippen molar-refractivity contribution in [3.63, 3.8) is 0 Å². The van der Waals surface area contributed by atoms with Crippen molar-refractivity contribution in [1.29, 1.82) is 0 Å². The van der Waals surface area contributed by atoms with Crippen LogP contribution in [0.25, 0.3) is 16.8 Å². The smallest absolute Gasteiger partial charge is 0.293 e. The van der Waals surface area contributed by atoms with Crippen LogP contribution in [-0.4, -0.2) is 32.1 Å². The third kappa shape index (κ3) is 3.18. The average molecular weight is 389 g/mol. The normalized spacial score (nSPS) is 12.3. The van der Waals surface area contributed by atoms with Gasteiger partial charge in [-0.15, -0.1) is 0 Å². The number of amides is 1. The summed E-state index contributed by atoms with van der Waals surface area (Å²) in [4.78, 5) is 25.1. The SMILES string of the molecule is O=C(Cn1ncn2nc(-c3ccccc3)cc2c1=O)Nc1ccc2c(c1)OCO2. The number of carbonyl (C=O) groups excluding carboxylic acids is 1. The van der Waals surface area contributed by atoms with E-state index in [1.807, 2.05) is 30.3 Å². The maximum atomic E-state index is 12.7. The summed E-state index contributed by atoms with van der Waals surface area (Å²) in [6.07, 6.45) is 1.41. The van der Waals surface area contributed by atoms with Gasteiger partial charge in [0.05, 0.1) is 5.69 Å². The molecule has 1 N–H and O–H groups in total. The van der Waals surface area contributed by atoms with Gasteiger partial charge < -0.3 is 14.8 Å². The number of fused-ring (bicyclic) bond motifs is 2. The fourth-order valence-electron chi connectivity index (χ4n) is 3.11. The Kier molecular flexibility index (Phi) is 3.98. The van der Waals surface area contributed by atoms with Crippen molar-refractivity contribution in [1.82, 2.24) is 19.4 Å². The topological polar surface area (TPSA) is 99.8 Å². The largest absolute Gasteiger partial charge is 0.454 e. The summed E-state index contributed by atoms with van der Waals surface area (Å²) in [6.45, 7) is -0.0714. The van der Waals surface area contributed by atoms with Crippen LogP contribution < -0.4 is 20.3 Å². The van der Waals surface area contributed by atoms with Gasteiger partial charge in [-0.25, -0.2) is 9.20 Å². The summed E-state index contributed by atoms with van der Waals surface area (Å²) in [6, 6.07) is 16.3. The van der Waals surface area contributed by atoms with Gasteiger partial charge in [-0.3, -0.25) is 9.59 Å². The minimum atomic E-state index is -0.400. The lowest BCUT2D eigenvalue weighted by Gasteiger charge is -2.07. The number of rotatable bonds is 4. The lowest BCUT2D eigenvalue weighted by atomic mass is 10.1. The van der Waals surface area contributed by atoms with Crippen molar-refractivity contribution < 1.29 is 14.3 Å². The van der Waals surface area contributed by atoms with E-state index in [4.69, 9.17) is 9.47 Å². The molecule has 0 bridgehead atoms. The Labute approximate surface area is 164 Å². The van der Waals surface area contributed by atoms with Crippen molar-refractivity contribution in [3.8, 4) is 22.8 Å².